The van der Waals surface area contributed by atoms with Gasteiger partial charge in [0.05, 0.1) is 6.10 Å². The molecule has 1 aliphatic carbocycles. The fourth-order valence-electron chi connectivity index (χ4n) is 2.66. The molecule has 80 valence electrons. The number of rotatable bonds is 1. The monoisotopic (exact) mass is 195 g/mol. The van der Waals surface area contributed by atoms with Gasteiger partial charge in [-0.3, -0.25) is 0 Å². The Morgan fingerprint density at radius 1 is 1.14 bits per heavy atom. The van der Waals surface area contributed by atoms with E-state index in [-0.39, 0.29) is 6.10 Å². The van der Waals surface area contributed by atoms with E-state index in [1.54, 1.807) is 0 Å². The molecular weight excluding hydrogens is 174 g/mol. The molecule has 1 aliphatic heterocycles. The minimum absolute atomic E-state index is 0.248. The average Bonchev–Trinajstić information content (AvgIpc) is 2.45. The smallest absolute Gasteiger partial charge is 0.0848 e. The van der Waals surface area contributed by atoms with Crippen molar-refractivity contribution in [2.45, 2.75) is 44.6 Å². The van der Waals surface area contributed by atoms with Gasteiger partial charge in [0.2, 0.25) is 0 Å². The third-order valence-electron chi connectivity index (χ3n) is 3.47. The van der Waals surface area contributed by atoms with Gasteiger partial charge in [0.15, 0.2) is 0 Å². The van der Waals surface area contributed by atoms with Gasteiger partial charge >= 0.3 is 0 Å². The van der Waals surface area contributed by atoms with Gasteiger partial charge in [0.1, 0.15) is 0 Å². The first kappa shape index (κ1) is 10.2. The largest absolute Gasteiger partial charge is 0.388 e. The summed E-state index contributed by atoms with van der Waals surface area (Å²) in [6, 6.07) is 0. The topological polar surface area (TPSA) is 32.3 Å². The number of β-amino-alcohol motifs (C(OH)–C–C–N with tert-alkyl or cyclic N) is 1. The second-order valence-electron chi connectivity index (χ2n) is 4.63. The molecule has 2 aliphatic rings. The van der Waals surface area contributed by atoms with Gasteiger partial charge in [-0.15, -0.1) is 0 Å². The van der Waals surface area contributed by atoms with Crippen molar-refractivity contribution >= 4 is 0 Å². The molecule has 14 heavy (non-hydrogen) atoms. The Bertz CT molecular complexity index is 204. The Kier molecular flexibility index (Phi) is 3.60. The van der Waals surface area contributed by atoms with E-state index in [0.29, 0.717) is 0 Å². The molecule has 0 aromatic heterocycles. The summed E-state index contributed by atoms with van der Waals surface area (Å²) in [4.78, 5) is 0. The van der Waals surface area contributed by atoms with Crippen LogP contribution in [0.1, 0.15) is 38.5 Å². The van der Waals surface area contributed by atoms with Gasteiger partial charge in [-0.05, 0) is 18.8 Å². The van der Waals surface area contributed by atoms with E-state index in [2.05, 4.69) is 11.4 Å². The Morgan fingerprint density at radius 2 is 1.86 bits per heavy atom. The van der Waals surface area contributed by atoms with Crippen LogP contribution in [0.2, 0.25) is 0 Å². The Hall–Kier alpha value is -0.340. The molecule has 0 saturated heterocycles. The van der Waals surface area contributed by atoms with Crippen LogP contribution in [0.25, 0.3) is 0 Å². The summed E-state index contributed by atoms with van der Waals surface area (Å²) in [5.74, 6) is 0.750. The molecule has 0 bridgehead atoms. The maximum absolute atomic E-state index is 9.54. The van der Waals surface area contributed by atoms with Crippen molar-refractivity contribution in [2.24, 2.45) is 5.92 Å². The molecule has 0 amide bonds. The van der Waals surface area contributed by atoms with E-state index < -0.39 is 0 Å². The van der Waals surface area contributed by atoms with Gasteiger partial charge in [0, 0.05) is 13.1 Å². The maximum Gasteiger partial charge on any atom is 0.0848 e. The SMILES string of the molecule is OC1C=C(C2CCCCCC2)CNC1. The van der Waals surface area contributed by atoms with Crippen molar-refractivity contribution in [3.8, 4) is 0 Å². The molecule has 2 heteroatoms. The molecule has 1 atom stereocenters. The molecule has 0 spiro atoms. The zero-order valence-corrected chi connectivity index (χ0v) is 8.84. The average molecular weight is 195 g/mol. The molecule has 1 fully saturated rings. The highest BCUT2D eigenvalue weighted by Crippen LogP contribution is 2.29. The molecule has 0 aromatic carbocycles. The minimum atomic E-state index is -0.248. The second kappa shape index (κ2) is 4.94. The second-order valence-corrected chi connectivity index (χ2v) is 4.63. The molecule has 1 unspecified atom stereocenters. The van der Waals surface area contributed by atoms with Crippen molar-refractivity contribution in [3.63, 3.8) is 0 Å². The summed E-state index contributed by atoms with van der Waals surface area (Å²) in [5, 5.41) is 12.8. The highest BCUT2D eigenvalue weighted by atomic mass is 16.3. The predicted molar refractivity (Wildman–Crippen MR) is 58.2 cm³/mol. The summed E-state index contributed by atoms with van der Waals surface area (Å²) in [5.41, 5.74) is 1.46. The van der Waals surface area contributed by atoms with Crippen molar-refractivity contribution in [2.75, 3.05) is 13.1 Å². The highest BCUT2D eigenvalue weighted by molar-refractivity contribution is 5.14. The molecule has 1 heterocycles. The Labute approximate surface area is 86.4 Å². The first-order valence-electron chi connectivity index (χ1n) is 5.95. The lowest BCUT2D eigenvalue weighted by atomic mass is 9.89. The molecule has 1 saturated carbocycles. The quantitative estimate of drug-likeness (QED) is 0.494. The van der Waals surface area contributed by atoms with Crippen LogP contribution in [0.15, 0.2) is 11.6 Å². The number of hydrogen-bond donors (Lipinski definition) is 2. The van der Waals surface area contributed by atoms with E-state index in [1.807, 2.05) is 0 Å². The normalized spacial score (nSPS) is 30.9. The summed E-state index contributed by atoms with van der Waals surface area (Å²) >= 11 is 0. The number of aliphatic hydroxyl groups is 1. The van der Waals surface area contributed by atoms with Crippen LogP contribution >= 0.6 is 0 Å². The fraction of sp³-hybridized carbons (Fsp3) is 0.833. The first-order valence-corrected chi connectivity index (χ1v) is 5.95. The van der Waals surface area contributed by atoms with Crippen LogP contribution in [0.3, 0.4) is 0 Å². The van der Waals surface area contributed by atoms with E-state index in [1.165, 1.54) is 44.1 Å². The lowest BCUT2D eigenvalue weighted by Crippen LogP contribution is -2.34. The molecule has 2 nitrogen and oxygen atoms in total. The Balaban J connectivity index is 1.97. The lowest BCUT2D eigenvalue weighted by molar-refractivity contribution is 0.210. The summed E-state index contributed by atoms with van der Waals surface area (Å²) in [7, 11) is 0. The van der Waals surface area contributed by atoms with Gasteiger partial charge in [0.25, 0.3) is 0 Å². The molecule has 2 N–H and O–H groups in total. The van der Waals surface area contributed by atoms with Gasteiger partial charge < -0.3 is 10.4 Å². The van der Waals surface area contributed by atoms with Gasteiger partial charge in [-0.1, -0.05) is 37.3 Å². The van der Waals surface area contributed by atoms with Gasteiger partial charge in [-0.25, -0.2) is 0 Å². The third-order valence-corrected chi connectivity index (χ3v) is 3.47. The minimum Gasteiger partial charge on any atom is -0.388 e. The molecule has 0 radical (unpaired) electrons. The van der Waals surface area contributed by atoms with E-state index in [4.69, 9.17) is 0 Å². The van der Waals surface area contributed by atoms with Crippen LogP contribution in [0.5, 0.6) is 0 Å². The van der Waals surface area contributed by atoms with Crippen LogP contribution in [0, 0.1) is 5.92 Å². The van der Waals surface area contributed by atoms with Crippen molar-refractivity contribution in [1.29, 1.82) is 0 Å². The van der Waals surface area contributed by atoms with E-state index in [9.17, 15) is 5.11 Å². The van der Waals surface area contributed by atoms with Crippen molar-refractivity contribution in [3.05, 3.63) is 11.6 Å². The molecule has 2 rings (SSSR count). The van der Waals surface area contributed by atoms with Crippen LogP contribution in [0.4, 0.5) is 0 Å². The fourth-order valence-corrected chi connectivity index (χ4v) is 2.66. The number of aliphatic hydroxyl groups excluding tert-OH is 1. The van der Waals surface area contributed by atoms with Crippen molar-refractivity contribution < 1.29 is 5.11 Å². The standard InChI is InChI=1S/C12H21NO/c14-12-7-11(8-13-9-12)10-5-3-1-2-4-6-10/h7,10,12-14H,1-6,8-9H2. The van der Waals surface area contributed by atoms with Crippen LogP contribution in [-0.2, 0) is 0 Å². The number of nitrogens with one attached hydrogen (secondary N) is 1. The van der Waals surface area contributed by atoms with Crippen LogP contribution < -0.4 is 5.32 Å². The number of hydrogen-bond acceptors (Lipinski definition) is 2. The molecular formula is C12H21NO. The Morgan fingerprint density at radius 3 is 2.50 bits per heavy atom. The predicted octanol–water partition coefficient (Wildman–Crippen LogP) is 1.85. The maximum atomic E-state index is 9.54. The van der Waals surface area contributed by atoms with Gasteiger partial charge in [-0.2, -0.15) is 0 Å². The molecule has 0 aromatic rings. The summed E-state index contributed by atoms with van der Waals surface area (Å²) < 4.78 is 0. The van der Waals surface area contributed by atoms with Crippen molar-refractivity contribution in [1.82, 2.24) is 5.32 Å². The van der Waals surface area contributed by atoms with E-state index >= 15 is 0 Å². The third kappa shape index (κ3) is 2.58. The lowest BCUT2D eigenvalue weighted by Gasteiger charge is -2.24. The van der Waals surface area contributed by atoms with E-state index in [0.717, 1.165) is 19.0 Å². The first-order chi connectivity index (χ1) is 6.86. The zero-order valence-electron chi connectivity index (χ0n) is 8.84. The highest BCUT2D eigenvalue weighted by Gasteiger charge is 2.19. The summed E-state index contributed by atoms with van der Waals surface area (Å²) in [6.45, 7) is 1.73. The summed E-state index contributed by atoms with van der Waals surface area (Å²) in [6.07, 6.45) is 10.1. The zero-order chi connectivity index (χ0) is 9.80. The van der Waals surface area contributed by atoms with Crippen LogP contribution in [-0.4, -0.2) is 24.3 Å².